The van der Waals surface area contributed by atoms with Crippen molar-refractivity contribution < 1.29 is 4.79 Å². The molecule has 1 saturated heterocycles. The molecular weight excluding hydrogens is 261 g/mol. The van der Waals surface area contributed by atoms with E-state index in [1.165, 1.54) is 0 Å². The number of amides is 1. The van der Waals surface area contributed by atoms with Crippen molar-refractivity contribution in [3.8, 4) is 0 Å². The van der Waals surface area contributed by atoms with Crippen LogP contribution >= 0.6 is 23.2 Å². The number of aromatic amines is 1. The van der Waals surface area contributed by atoms with Gasteiger partial charge in [0.2, 0.25) is 0 Å². The predicted molar refractivity (Wildman–Crippen MR) is 66.7 cm³/mol. The zero-order chi connectivity index (χ0) is 12.2. The van der Waals surface area contributed by atoms with Gasteiger partial charge < -0.3 is 15.6 Å². The molecule has 6 heteroatoms. The largest absolute Gasteiger partial charge is 0.352 e. The molecule has 2 fully saturated rings. The normalized spacial score (nSPS) is 30.2. The molecule has 1 aromatic rings. The molecule has 0 bridgehead atoms. The SMILES string of the molecule is Cc1[nH]c(C(=O)N[C@H]2[C@@H]3CNC[C@@H]32)c(Cl)c1Cl. The van der Waals surface area contributed by atoms with Gasteiger partial charge in [-0.2, -0.15) is 0 Å². The summed E-state index contributed by atoms with van der Waals surface area (Å²) < 4.78 is 0. The van der Waals surface area contributed by atoms with E-state index in [0.29, 0.717) is 33.6 Å². The van der Waals surface area contributed by atoms with Crippen LogP contribution in [-0.4, -0.2) is 30.0 Å². The highest BCUT2D eigenvalue weighted by Gasteiger charge is 2.53. The Kier molecular flexibility index (Phi) is 2.61. The number of carbonyl (C=O) groups excluding carboxylic acids is 1. The van der Waals surface area contributed by atoms with E-state index in [1.54, 1.807) is 6.92 Å². The zero-order valence-electron chi connectivity index (χ0n) is 9.31. The van der Waals surface area contributed by atoms with Crippen molar-refractivity contribution in [3.05, 3.63) is 21.4 Å². The molecule has 2 heterocycles. The van der Waals surface area contributed by atoms with Gasteiger partial charge in [0, 0.05) is 24.8 Å². The number of aryl methyl sites for hydroxylation is 1. The molecular formula is C11H13Cl2N3O. The molecule has 0 aromatic carbocycles. The Morgan fingerprint density at radius 1 is 1.29 bits per heavy atom. The average molecular weight is 274 g/mol. The average Bonchev–Trinajstić information content (AvgIpc) is 2.67. The molecule has 0 spiro atoms. The number of aromatic nitrogens is 1. The Balaban J connectivity index is 1.72. The van der Waals surface area contributed by atoms with Crippen LogP contribution in [0.2, 0.25) is 10.0 Å². The molecule has 1 aliphatic heterocycles. The minimum Gasteiger partial charge on any atom is -0.352 e. The van der Waals surface area contributed by atoms with Crippen molar-refractivity contribution in [2.75, 3.05) is 13.1 Å². The van der Waals surface area contributed by atoms with Gasteiger partial charge in [-0.1, -0.05) is 23.2 Å². The Bertz CT molecular complexity index is 475. The third-order valence-corrected chi connectivity index (χ3v) is 4.62. The molecule has 92 valence electrons. The van der Waals surface area contributed by atoms with E-state index >= 15 is 0 Å². The van der Waals surface area contributed by atoms with Gasteiger partial charge in [0.05, 0.1) is 10.0 Å². The van der Waals surface area contributed by atoms with E-state index < -0.39 is 0 Å². The van der Waals surface area contributed by atoms with E-state index in [1.807, 2.05) is 0 Å². The second-order valence-electron chi connectivity index (χ2n) is 4.74. The summed E-state index contributed by atoms with van der Waals surface area (Å²) in [5.41, 5.74) is 1.09. The minimum atomic E-state index is -0.163. The highest BCUT2D eigenvalue weighted by Crippen LogP contribution is 2.42. The summed E-state index contributed by atoms with van der Waals surface area (Å²) in [5, 5.41) is 7.02. The van der Waals surface area contributed by atoms with Gasteiger partial charge in [0.15, 0.2) is 0 Å². The maximum absolute atomic E-state index is 12.0. The standard InChI is InChI=1S/C11H13Cl2N3O/c1-4-7(12)8(13)10(15-4)11(17)16-9-5-2-14-3-6(5)9/h5-6,9,14-15H,2-3H2,1H3,(H,16,17)/t5-,6+,9+. The lowest BCUT2D eigenvalue weighted by atomic mass is 10.3. The summed E-state index contributed by atoms with van der Waals surface area (Å²) in [5.74, 6) is 1.01. The lowest BCUT2D eigenvalue weighted by Crippen LogP contribution is -2.32. The Morgan fingerprint density at radius 3 is 2.47 bits per heavy atom. The number of halogens is 2. The summed E-state index contributed by atoms with van der Waals surface area (Å²) >= 11 is 11.9. The van der Waals surface area contributed by atoms with Crippen LogP contribution in [0, 0.1) is 18.8 Å². The molecule has 3 rings (SSSR count). The summed E-state index contributed by atoms with van der Waals surface area (Å²) in [7, 11) is 0. The van der Waals surface area contributed by atoms with Gasteiger partial charge in [-0.05, 0) is 18.8 Å². The highest BCUT2D eigenvalue weighted by atomic mass is 35.5. The third kappa shape index (κ3) is 1.75. The molecule has 1 aliphatic carbocycles. The molecule has 0 radical (unpaired) electrons. The van der Waals surface area contributed by atoms with Gasteiger partial charge in [-0.3, -0.25) is 4.79 Å². The maximum Gasteiger partial charge on any atom is 0.269 e. The summed E-state index contributed by atoms with van der Waals surface area (Å²) in [4.78, 5) is 14.9. The van der Waals surface area contributed by atoms with Crippen LogP contribution in [0.4, 0.5) is 0 Å². The van der Waals surface area contributed by atoms with E-state index in [2.05, 4.69) is 15.6 Å². The zero-order valence-corrected chi connectivity index (χ0v) is 10.8. The minimum absolute atomic E-state index is 0.163. The Morgan fingerprint density at radius 2 is 1.94 bits per heavy atom. The molecule has 1 aromatic heterocycles. The van der Waals surface area contributed by atoms with Crippen LogP contribution in [0.1, 0.15) is 16.2 Å². The number of fused-ring (bicyclic) bond motifs is 1. The quantitative estimate of drug-likeness (QED) is 0.767. The molecule has 3 N–H and O–H groups in total. The van der Waals surface area contributed by atoms with Crippen molar-refractivity contribution >= 4 is 29.1 Å². The molecule has 3 atom stereocenters. The first-order valence-corrected chi connectivity index (χ1v) is 6.40. The van der Waals surface area contributed by atoms with Gasteiger partial charge in [0.25, 0.3) is 5.91 Å². The van der Waals surface area contributed by atoms with Crippen LogP contribution < -0.4 is 10.6 Å². The van der Waals surface area contributed by atoms with Crippen molar-refractivity contribution in [1.29, 1.82) is 0 Å². The maximum atomic E-state index is 12.0. The summed E-state index contributed by atoms with van der Waals surface area (Å²) in [6.07, 6.45) is 0. The van der Waals surface area contributed by atoms with Crippen LogP contribution in [0.15, 0.2) is 0 Å². The molecule has 2 aliphatic rings. The van der Waals surface area contributed by atoms with E-state index in [9.17, 15) is 4.79 Å². The van der Waals surface area contributed by atoms with Crippen LogP contribution in [-0.2, 0) is 0 Å². The first-order chi connectivity index (χ1) is 8.09. The van der Waals surface area contributed by atoms with Crippen molar-refractivity contribution in [2.45, 2.75) is 13.0 Å². The number of hydrogen-bond donors (Lipinski definition) is 3. The molecule has 1 amide bonds. The first-order valence-electron chi connectivity index (χ1n) is 5.64. The van der Waals surface area contributed by atoms with Crippen molar-refractivity contribution in [3.63, 3.8) is 0 Å². The van der Waals surface area contributed by atoms with Crippen LogP contribution in [0.25, 0.3) is 0 Å². The number of hydrogen-bond acceptors (Lipinski definition) is 2. The predicted octanol–water partition coefficient (Wildman–Crippen LogP) is 1.58. The summed E-state index contributed by atoms with van der Waals surface area (Å²) in [6, 6.07) is 0.294. The fraction of sp³-hybridized carbons (Fsp3) is 0.545. The number of H-pyrrole nitrogens is 1. The van der Waals surface area contributed by atoms with Gasteiger partial charge in [-0.25, -0.2) is 0 Å². The number of carbonyl (C=O) groups is 1. The highest BCUT2D eigenvalue weighted by molar-refractivity contribution is 6.44. The number of piperidine rings is 1. The third-order valence-electron chi connectivity index (χ3n) is 3.67. The Labute approximate surface area is 109 Å². The fourth-order valence-electron chi connectivity index (χ4n) is 2.58. The molecule has 17 heavy (non-hydrogen) atoms. The first kappa shape index (κ1) is 11.4. The topological polar surface area (TPSA) is 56.9 Å². The van der Waals surface area contributed by atoms with Crippen molar-refractivity contribution in [1.82, 2.24) is 15.6 Å². The number of rotatable bonds is 2. The second kappa shape index (κ2) is 3.90. The van der Waals surface area contributed by atoms with Gasteiger partial charge in [0.1, 0.15) is 5.69 Å². The van der Waals surface area contributed by atoms with Crippen LogP contribution in [0.5, 0.6) is 0 Å². The van der Waals surface area contributed by atoms with Gasteiger partial charge >= 0.3 is 0 Å². The lowest BCUT2D eigenvalue weighted by Gasteiger charge is -2.06. The van der Waals surface area contributed by atoms with E-state index in [-0.39, 0.29) is 5.91 Å². The smallest absolute Gasteiger partial charge is 0.269 e. The van der Waals surface area contributed by atoms with E-state index in [4.69, 9.17) is 23.2 Å². The molecule has 1 saturated carbocycles. The summed E-state index contributed by atoms with van der Waals surface area (Å²) in [6.45, 7) is 3.78. The second-order valence-corrected chi connectivity index (χ2v) is 5.49. The lowest BCUT2D eigenvalue weighted by molar-refractivity contribution is 0.0942. The Hall–Kier alpha value is -0.710. The molecule has 4 nitrogen and oxygen atoms in total. The van der Waals surface area contributed by atoms with Gasteiger partial charge in [-0.15, -0.1) is 0 Å². The van der Waals surface area contributed by atoms with Crippen molar-refractivity contribution in [2.24, 2.45) is 11.8 Å². The van der Waals surface area contributed by atoms with E-state index in [0.717, 1.165) is 18.8 Å². The molecule has 0 unspecified atom stereocenters. The monoisotopic (exact) mass is 273 g/mol. The number of nitrogens with one attached hydrogen (secondary N) is 3. The fourth-order valence-corrected chi connectivity index (χ4v) is 3.00. The van der Waals surface area contributed by atoms with Crippen LogP contribution in [0.3, 0.4) is 0 Å².